The Morgan fingerprint density at radius 3 is 2.23 bits per heavy atom. The maximum atomic E-state index is 13.5. The van der Waals surface area contributed by atoms with Gasteiger partial charge in [0, 0.05) is 35.8 Å². The van der Waals surface area contributed by atoms with Crippen molar-refractivity contribution in [1.82, 2.24) is 19.8 Å². The van der Waals surface area contributed by atoms with Crippen molar-refractivity contribution in [3.8, 4) is 45.9 Å². The summed E-state index contributed by atoms with van der Waals surface area (Å²) >= 11 is 0. The van der Waals surface area contributed by atoms with E-state index < -0.39 is 18.6 Å². The van der Waals surface area contributed by atoms with Gasteiger partial charge in [-0.05, 0) is 111 Å². The number of benzene rings is 4. The number of ether oxygens (including phenoxy) is 1. The van der Waals surface area contributed by atoms with Gasteiger partial charge in [0.1, 0.15) is 28.9 Å². The third-order valence-electron chi connectivity index (χ3n) is 10.3. The SMILES string of the molecule is Cc1c(-c2nc3cc(CN4CCC[C@H]4C(=O)O)c(OC(F)F)cc3o2)cccc1-c1cccc(-c2nc3cc(CN4CCC4)cc(C#N)c3o2)c1C. The fourth-order valence-corrected chi connectivity index (χ4v) is 7.45. The van der Waals surface area contributed by atoms with Crippen molar-refractivity contribution in [2.75, 3.05) is 19.6 Å². The molecule has 0 radical (unpaired) electrons. The summed E-state index contributed by atoms with van der Waals surface area (Å²) in [5, 5.41) is 19.6. The Bertz CT molecular complexity index is 2390. The normalized spacial score (nSPS) is 16.5. The van der Waals surface area contributed by atoms with Gasteiger partial charge in [0.25, 0.3) is 0 Å². The molecule has 0 unspecified atom stereocenters. The number of hydrogen-bond donors (Lipinski definition) is 1. The number of carboxylic acids is 1. The van der Waals surface area contributed by atoms with Crippen molar-refractivity contribution in [3.63, 3.8) is 0 Å². The maximum absolute atomic E-state index is 13.5. The van der Waals surface area contributed by atoms with Crippen LogP contribution >= 0.6 is 0 Å². The number of aromatic nitrogens is 2. The molecule has 6 aromatic rings. The molecule has 0 spiro atoms. The van der Waals surface area contributed by atoms with E-state index >= 15 is 0 Å². The molecule has 0 bridgehead atoms. The van der Waals surface area contributed by atoms with E-state index in [4.69, 9.17) is 23.5 Å². The zero-order valence-corrected chi connectivity index (χ0v) is 28.7. The lowest BCUT2D eigenvalue weighted by atomic mass is 9.91. The van der Waals surface area contributed by atoms with Crippen LogP contribution in [0.4, 0.5) is 8.78 Å². The van der Waals surface area contributed by atoms with E-state index in [1.54, 1.807) is 11.0 Å². The molecular weight excluding hydrogens is 668 g/mol. The summed E-state index contributed by atoms with van der Waals surface area (Å²) in [5.74, 6) is -0.276. The van der Waals surface area contributed by atoms with E-state index in [-0.39, 0.29) is 17.9 Å². The lowest BCUT2D eigenvalue weighted by Gasteiger charge is -2.30. The second-order valence-corrected chi connectivity index (χ2v) is 13.5. The fourth-order valence-electron chi connectivity index (χ4n) is 7.45. The summed E-state index contributed by atoms with van der Waals surface area (Å²) in [6.07, 6.45) is 2.38. The molecule has 0 aliphatic carbocycles. The molecule has 264 valence electrons. The molecule has 2 aromatic heterocycles. The van der Waals surface area contributed by atoms with Crippen molar-refractivity contribution in [1.29, 1.82) is 5.26 Å². The highest BCUT2D eigenvalue weighted by Crippen LogP contribution is 2.39. The van der Waals surface area contributed by atoms with Crippen molar-refractivity contribution < 1.29 is 32.3 Å². The van der Waals surface area contributed by atoms with Crippen LogP contribution in [0.1, 0.15) is 47.1 Å². The zero-order valence-electron chi connectivity index (χ0n) is 28.7. The minimum atomic E-state index is -3.07. The maximum Gasteiger partial charge on any atom is 0.387 e. The second-order valence-electron chi connectivity index (χ2n) is 13.5. The quantitative estimate of drug-likeness (QED) is 0.149. The van der Waals surface area contributed by atoms with Crippen LogP contribution in [-0.4, -0.2) is 63.1 Å². The Balaban J connectivity index is 1.14. The third-order valence-corrected chi connectivity index (χ3v) is 10.3. The first-order chi connectivity index (χ1) is 25.2. The number of nitriles is 1. The van der Waals surface area contributed by atoms with Gasteiger partial charge in [-0.2, -0.15) is 14.0 Å². The van der Waals surface area contributed by atoms with Gasteiger partial charge in [-0.25, -0.2) is 9.97 Å². The van der Waals surface area contributed by atoms with Gasteiger partial charge >= 0.3 is 12.6 Å². The number of carbonyl (C=O) groups is 1. The number of hydrogen-bond acceptors (Lipinski definition) is 9. The molecule has 2 saturated heterocycles. The molecule has 0 amide bonds. The third kappa shape index (κ3) is 6.16. The van der Waals surface area contributed by atoms with E-state index in [2.05, 4.69) is 11.0 Å². The van der Waals surface area contributed by atoms with Crippen molar-refractivity contribution in [2.24, 2.45) is 0 Å². The molecule has 4 aromatic carbocycles. The summed E-state index contributed by atoms with van der Waals surface area (Å²) in [6, 6.07) is 20.2. The van der Waals surface area contributed by atoms with Gasteiger partial charge in [-0.1, -0.05) is 24.3 Å². The number of likely N-dealkylation sites (tertiary alicyclic amines) is 2. The number of oxazole rings is 2. The Labute approximate surface area is 297 Å². The molecule has 2 aliphatic heterocycles. The van der Waals surface area contributed by atoms with Crippen LogP contribution in [-0.2, 0) is 17.9 Å². The smallest absolute Gasteiger partial charge is 0.387 e. The van der Waals surface area contributed by atoms with Gasteiger partial charge in [-0.3, -0.25) is 14.6 Å². The highest BCUT2D eigenvalue weighted by Gasteiger charge is 2.31. The molecule has 2 fully saturated rings. The molecule has 8 rings (SSSR count). The number of carboxylic acid groups (broad SMARTS) is 1. The van der Waals surface area contributed by atoms with E-state index in [0.717, 1.165) is 58.6 Å². The highest BCUT2D eigenvalue weighted by atomic mass is 19.3. The number of aliphatic carboxylic acids is 1. The molecule has 10 nitrogen and oxygen atoms in total. The van der Waals surface area contributed by atoms with Crippen LogP contribution in [0.3, 0.4) is 0 Å². The van der Waals surface area contributed by atoms with E-state index in [1.807, 2.05) is 62.4 Å². The first-order valence-electron chi connectivity index (χ1n) is 17.3. The minimum Gasteiger partial charge on any atom is -0.480 e. The van der Waals surface area contributed by atoms with Crippen LogP contribution in [0.2, 0.25) is 0 Å². The van der Waals surface area contributed by atoms with Crippen LogP contribution < -0.4 is 4.74 Å². The second kappa shape index (κ2) is 13.5. The first kappa shape index (κ1) is 33.5. The average Bonchev–Trinajstić information content (AvgIpc) is 3.85. The van der Waals surface area contributed by atoms with Crippen molar-refractivity contribution in [2.45, 2.75) is 58.9 Å². The predicted molar refractivity (Wildman–Crippen MR) is 190 cm³/mol. The number of halogens is 2. The zero-order chi connectivity index (χ0) is 36.1. The van der Waals surface area contributed by atoms with Gasteiger partial charge < -0.3 is 18.7 Å². The molecule has 52 heavy (non-hydrogen) atoms. The van der Waals surface area contributed by atoms with E-state index in [9.17, 15) is 23.9 Å². The summed E-state index contributed by atoms with van der Waals surface area (Å²) in [7, 11) is 0. The van der Waals surface area contributed by atoms with Crippen molar-refractivity contribution >= 4 is 28.2 Å². The van der Waals surface area contributed by atoms with Gasteiger partial charge in [0.05, 0.1) is 5.56 Å². The standard InChI is InChI=1S/C40H35F2N5O5/c1-22-27(28-8-4-10-30(23(28)2)38-45-32-16-24(20-46-12-6-13-46)15-25(19-43)36(32)52-38)7-3-9-29(22)37-44-31-17-26(21-47-14-5-11-33(47)39(48)49)34(51-40(41)42)18-35(31)50-37/h3-4,7-10,15-18,33,40H,5-6,11-14,20-21H2,1-2H3,(H,48,49)/t33-/m0/s1. The largest absolute Gasteiger partial charge is 0.480 e. The number of fused-ring (bicyclic) bond motifs is 2. The van der Waals surface area contributed by atoms with E-state index in [1.165, 1.54) is 12.5 Å². The Hall–Kier alpha value is -5.64. The number of nitrogens with zero attached hydrogens (tertiary/aromatic N) is 5. The summed E-state index contributed by atoms with van der Waals surface area (Å²) < 4.78 is 44.2. The number of alkyl halides is 2. The average molecular weight is 704 g/mol. The predicted octanol–water partition coefficient (Wildman–Crippen LogP) is 8.31. The molecule has 0 saturated carbocycles. The lowest BCUT2D eigenvalue weighted by molar-refractivity contribution is -0.142. The summed E-state index contributed by atoms with van der Waals surface area (Å²) in [4.78, 5) is 25.5. The molecular formula is C40H35F2N5O5. The Morgan fingerprint density at radius 1 is 0.923 bits per heavy atom. The fraction of sp³-hybridized carbons (Fsp3) is 0.300. The topological polar surface area (TPSA) is 129 Å². The Kier molecular flexibility index (Phi) is 8.69. The van der Waals surface area contributed by atoms with E-state index in [0.29, 0.717) is 58.9 Å². The van der Waals surface area contributed by atoms with Crippen LogP contribution in [0.15, 0.2) is 69.5 Å². The van der Waals surface area contributed by atoms with Gasteiger partial charge in [0.2, 0.25) is 11.8 Å². The molecule has 4 heterocycles. The first-order valence-corrected chi connectivity index (χ1v) is 17.3. The summed E-state index contributed by atoms with van der Waals surface area (Å²) in [5.41, 5.74) is 8.97. The van der Waals surface area contributed by atoms with Gasteiger partial charge in [-0.15, -0.1) is 0 Å². The van der Waals surface area contributed by atoms with Crippen LogP contribution in [0.25, 0.3) is 56.2 Å². The summed E-state index contributed by atoms with van der Waals surface area (Å²) in [6.45, 7) is 4.45. The molecule has 1 atom stereocenters. The highest BCUT2D eigenvalue weighted by molar-refractivity contribution is 5.86. The van der Waals surface area contributed by atoms with Crippen LogP contribution in [0, 0.1) is 25.2 Å². The lowest BCUT2D eigenvalue weighted by Crippen LogP contribution is -2.36. The van der Waals surface area contributed by atoms with Crippen LogP contribution in [0.5, 0.6) is 5.75 Å². The molecule has 1 N–H and O–H groups in total. The van der Waals surface area contributed by atoms with Crippen molar-refractivity contribution in [3.05, 3.63) is 88.5 Å². The number of rotatable bonds is 10. The molecule has 12 heteroatoms. The minimum absolute atomic E-state index is 0.0763. The molecule has 2 aliphatic rings. The van der Waals surface area contributed by atoms with Gasteiger partial charge in [0.15, 0.2) is 11.2 Å². The Morgan fingerprint density at radius 2 is 1.60 bits per heavy atom. The monoisotopic (exact) mass is 703 g/mol.